The average Bonchev–Trinajstić information content (AvgIpc) is 2.83. The van der Waals surface area contributed by atoms with E-state index in [-0.39, 0.29) is 17.3 Å². The first-order chi connectivity index (χ1) is 10.6. The third kappa shape index (κ3) is 4.49. The molecule has 0 fully saturated rings. The number of rotatable bonds is 7. The Hall–Kier alpha value is -2.02. The van der Waals surface area contributed by atoms with Crippen molar-refractivity contribution in [2.45, 2.75) is 38.4 Å². The fourth-order valence-electron chi connectivity index (χ4n) is 1.98. The highest BCUT2D eigenvalue weighted by Crippen LogP contribution is 2.15. The van der Waals surface area contributed by atoms with Crippen LogP contribution in [0.3, 0.4) is 0 Å². The molecule has 0 atom stereocenters. The number of hydrogen-bond acceptors (Lipinski definition) is 4. The van der Waals surface area contributed by atoms with Crippen molar-refractivity contribution in [3.63, 3.8) is 0 Å². The third-order valence-electron chi connectivity index (χ3n) is 3.09. The van der Waals surface area contributed by atoms with Gasteiger partial charge in [-0.2, -0.15) is 0 Å². The fourth-order valence-corrected chi connectivity index (χ4v) is 2.75. The molecular formula is C15H20N4O2S. The molecule has 7 heteroatoms. The summed E-state index contributed by atoms with van der Waals surface area (Å²) in [4.78, 5) is 23.6. The summed E-state index contributed by atoms with van der Waals surface area (Å²) in [6, 6.07) is 7.63. The second-order valence-corrected chi connectivity index (χ2v) is 5.97. The zero-order valence-electron chi connectivity index (χ0n) is 12.8. The van der Waals surface area contributed by atoms with Crippen LogP contribution in [0.5, 0.6) is 0 Å². The molecule has 0 spiro atoms. The fraction of sp³-hybridized carbons (Fsp3) is 0.400. The highest BCUT2D eigenvalue weighted by Gasteiger charge is 2.11. The maximum atomic E-state index is 12.0. The molecule has 1 aromatic heterocycles. The predicted molar refractivity (Wildman–Crippen MR) is 88.3 cm³/mol. The number of nitrogens with zero attached hydrogens (tertiary/aromatic N) is 2. The summed E-state index contributed by atoms with van der Waals surface area (Å²) in [6.07, 6.45) is 1.90. The van der Waals surface area contributed by atoms with Gasteiger partial charge in [-0.1, -0.05) is 37.2 Å². The molecule has 0 aliphatic rings. The Morgan fingerprint density at radius 3 is 3.00 bits per heavy atom. The van der Waals surface area contributed by atoms with Gasteiger partial charge < -0.3 is 5.32 Å². The summed E-state index contributed by atoms with van der Waals surface area (Å²) in [7, 11) is 0. The molecule has 0 aliphatic heterocycles. The number of benzene rings is 1. The molecule has 0 saturated heterocycles. The van der Waals surface area contributed by atoms with Crippen LogP contribution >= 0.6 is 11.8 Å². The Labute approximate surface area is 133 Å². The second kappa shape index (κ2) is 7.84. The molecular weight excluding hydrogens is 300 g/mol. The summed E-state index contributed by atoms with van der Waals surface area (Å²) in [5.41, 5.74) is 1.64. The van der Waals surface area contributed by atoms with Crippen molar-refractivity contribution in [1.29, 1.82) is 0 Å². The molecule has 0 saturated carbocycles. The largest absolute Gasteiger partial charge is 0.343 e. The van der Waals surface area contributed by atoms with Crippen molar-refractivity contribution in [2.24, 2.45) is 0 Å². The van der Waals surface area contributed by atoms with Gasteiger partial charge in [0.15, 0.2) is 5.16 Å². The number of carbonyl (C=O) groups excluding carboxylic acids is 1. The van der Waals surface area contributed by atoms with Gasteiger partial charge in [0.1, 0.15) is 0 Å². The molecule has 0 radical (unpaired) electrons. The summed E-state index contributed by atoms with van der Waals surface area (Å²) >= 11 is 1.26. The van der Waals surface area contributed by atoms with Gasteiger partial charge in [0.25, 0.3) is 0 Å². The van der Waals surface area contributed by atoms with E-state index in [1.54, 1.807) is 4.57 Å². The van der Waals surface area contributed by atoms with Gasteiger partial charge in [-0.3, -0.25) is 9.36 Å². The molecule has 2 rings (SSSR count). The van der Waals surface area contributed by atoms with Crippen LogP contribution in [0.2, 0.25) is 0 Å². The minimum atomic E-state index is -0.227. The smallest absolute Gasteiger partial charge is 0.325 e. The lowest BCUT2D eigenvalue weighted by molar-refractivity contribution is -0.113. The Balaban J connectivity index is 1.92. The van der Waals surface area contributed by atoms with E-state index < -0.39 is 0 Å². The average molecular weight is 320 g/mol. The van der Waals surface area contributed by atoms with Gasteiger partial charge in [0.2, 0.25) is 5.91 Å². The maximum absolute atomic E-state index is 12.0. The number of unbranched alkanes of at least 4 members (excludes halogenated alkanes) is 1. The summed E-state index contributed by atoms with van der Waals surface area (Å²) in [5.74, 6) is 0.0952. The van der Waals surface area contributed by atoms with E-state index in [0.717, 1.165) is 24.1 Å². The van der Waals surface area contributed by atoms with Gasteiger partial charge in [-0.15, -0.1) is 5.10 Å². The molecule has 1 aromatic carbocycles. The number of nitrogens with one attached hydrogen (secondary N) is 2. The van der Waals surface area contributed by atoms with E-state index in [1.165, 1.54) is 11.8 Å². The quantitative estimate of drug-likeness (QED) is 0.768. The van der Waals surface area contributed by atoms with Crippen molar-refractivity contribution in [2.75, 3.05) is 11.1 Å². The lowest BCUT2D eigenvalue weighted by atomic mass is 10.2. The van der Waals surface area contributed by atoms with Gasteiger partial charge >= 0.3 is 5.69 Å². The second-order valence-electron chi connectivity index (χ2n) is 5.02. The molecule has 2 N–H and O–H groups in total. The van der Waals surface area contributed by atoms with Gasteiger partial charge in [-0.25, -0.2) is 9.89 Å². The van der Waals surface area contributed by atoms with E-state index in [2.05, 4.69) is 22.4 Å². The van der Waals surface area contributed by atoms with E-state index in [0.29, 0.717) is 11.7 Å². The van der Waals surface area contributed by atoms with E-state index >= 15 is 0 Å². The van der Waals surface area contributed by atoms with E-state index in [4.69, 9.17) is 0 Å². The highest BCUT2D eigenvalue weighted by molar-refractivity contribution is 7.99. The Kier molecular flexibility index (Phi) is 5.83. The first kappa shape index (κ1) is 16.4. The Bertz CT molecular complexity index is 693. The zero-order valence-corrected chi connectivity index (χ0v) is 13.6. The Morgan fingerprint density at radius 2 is 2.27 bits per heavy atom. The number of aryl methyl sites for hydroxylation is 1. The van der Waals surface area contributed by atoms with E-state index in [1.807, 2.05) is 31.2 Å². The topological polar surface area (TPSA) is 79.8 Å². The molecule has 0 aliphatic carbocycles. The van der Waals surface area contributed by atoms with Crippen molar-refractivity contribution in [3.8, 4) is 0 Å². The third-order valence-corrected chi connectivity index (χ3v) is 4.07. The number of carbonyl (C=O) groups is 1. The minimum Gasteiger partial charge on any atom is -0.325 e. The number of amides is 1. The Morgan fingerprint density at radius 1 is 1.45 bits per heavy atom. The van der Waals surface area contributed by atoms with E-state index in [9.17, 15) is 9.59 Å². The van der Waals surface area contributed by atoms with Gasteiger partial charge in [-0.05, 0) is 31.0 Å². The van der Waals surface area contributed by atoms with Gasteiger partial charge in [0, 0.05) is 12.2 Å². The molecule has 118 valence electrons. The number of aromatic amines is 1. The van der Waals surface area contributed by atoms with Crippen molar-refractivity contribution in [3.05, 3.63) is 40.3 Å². The number of hydrogen-bond donors (Lipinski definition) is 2. The molecule has 2 aromatic rings. The van der Waals surface area contributed by atoms with Crippen LogP contribution in [-0.2, 0) is 11.3 Å². The van der Waals surface area contributed by atoms with Crippen molar-refractivity contribution >= 4 is 23.4 Å². The van der Waals surface area contributed by atoms with Crippen molar-refractivity contribution in [1.82, 2.24) is 14.8 Å². The van der Waals surface area contributed by atoms with Crippen LogP contribution in [-0.4, -0.2) is 26.4 Å². The van der Waals surface area contributed by atoms with Crippen LogP contribution in [0.15, 0.2) is 34.2 Å². The lowest BCUT2D eigenvalue weighted by Gasteiger charge is -2.06. The number of aromatic nitrogens is 3. The molecule has 1 heterocycles. The highest BCUT2D eigenvalue weighted by atomic mass is 32.2. The minimum absolute atomic E-state index is 0.118. The number of H-pyrrole nitrogens is 1. The van der Waals surface area contributed by atoms with Crippen LogP contribution in [0, 0.1) is 6.92 Å². The first-order valence-corrected chi connectivity index (χ1v) is 8.23. The van der Waals surface area contributed by atoms with Crippen LogP contribution in [0.1, 0.15) is 25.3 Å². The first-order valence-electron chi connectivity index (χ1n) is 7.24. The monoisotopic (exact) mass is 320 g/mol. The summed E-state index contributed by atoms with van der Waals surface area (Å²) < 4.78 is 1.58. The van der Waals surface area contributed by atoms with Crippen LogP contribution in [0.4, 0.5) is 5.69 Å². The normalized spacial score (nSPS) is 10.6. The summed E-state index contributed by atoms with van der Waals surface area (Å²) in [6.45, 7) is 4.65. The molecule has 0 unspecified atom stereocenters. The number of anilines is 1. The molecule has 0 bridgehead atoms. The zero-order chi connectivity index (χ0) is 15.9. The molecule has 22 heavy (non-hydrogen) atoms. The lowest BCUT2D eigenvalue weighted by Crippen LogP contribution is -2.19. The molecule has 1 amide bonds. The SMILES string of the molecule is CCCCn1c(SCC(=O)Nc2cccc(C)c2)n[nH]c1=O. The predicted octanol–water partition coefficient (Wildman–Crippen LogP) is 2.41. The molecule has 6 nitrogen and oxygen atoms in total. The number of thioether (sulfide) groups is 1. The van der Waals surface area contributed by atoms with Gasteiger partial charge in [0.05, 0.1) is 5.75 Å². The standard InChI is InChI=1S/C15H20N4O2S/c1-3-4-8-19-14(21)17-18-15(19)22-10-13(20)16-12-7-5-6-11(2)9-12/h5-7,9H,3-4,8,10H2,1-2H3,(H,16,20)(H,17,21). The maximum Gasteiger partial charge on any atom is 0.343 e. The van der Waals surface area contributed by atoms with Crippen molar-refractivity contribution < 1.29 is 4.79 Å². The van der Waals surface area contributed by atoms with Crippen LogP contribution < -0.4 is 11.0 Å². The summed E-state index contributed by atoms with van der Waals surface area (Å²) in [5, 5.41) is 9.79. The van der Waals surface area contributed by atoms with Crippen LogP contribution in [0.25, 0.3) is 0 Å².